The number of amides is 1. The van der Waals surface area contributed by atoms with E-state index in [1.807, 2.05) is 0 Å². The van der Waals surface area contributed by atoms with Gasteiger partial charge in [0.05, 0.1) is 12.7 Å². The SMILES string of the molecule is CC(C)CC(C)OCCC(=O)NCCCCN. The number of hydrogen-bond donors (Lipinski definition) is 2. The minimum Gasteiger partial charge on any atom is -0.378 e. The summed E-state index contributed by atoms with van der Waals surface area (Å²) in [6.45, 7) is 8.31. The van der Waals surface area contributed by atoms with Gasteiger partial charge in [-0.2, -0.15) is 0 Å². The van der Waals surface area contributed by atoms with Crippen LogP contribution >= 0.6 is 0 Å². The van der Waals surface area contributed by atoms with Crippen LogP contribution in [0.2, 0.25) is 0 Å². The lowest BCUT2D eigenvalue weighted by atomic mass is 10.1. The molecule has 0 rings (SSSR count). The zero-order chi connectivity index (χ0) is 13.1. The molecule has 0 aromatic carbocycles. The Bertz CT molecular complexity index is 196. The van der Waals surface area contributed by atoms with E-state index in [2.05, 4.69) is 26.1 Å². The molecule has 0 bridgehead atoms. The summed E-state index contributed by atoms with van der Waals surface area (Å²) < 4.78 is 5.57. The molecular formula is C13H28N2O2. The molecule has 0 heterocycles. The molecule has 3 N–H and O–H groups in total. The first-order valence-electron chi connectivity index (χ1n) is 6.64. The summed E-state index contributed by atoms with van der Waals surface area (Å²) in [5.74, 6) is 0.703. The average Bonchev–Trinajstić information content (AvgIpc) is 2.23. The number of rotatable bonds is 10. The minimum atomic E-state index is 0.0683. The lowest BCUT2D eigenvalue weighted by Crippen LogP contribution is -2.26. The molecule has 4 heteroatoms. The fourth-order valence-electron chi connectivity index (χ4n) is 1.67. The first-order valence-corrected chi connectivity index (χ1v) is 6.64. The van der Waals surface area contributed by atoms with E-state index < -0.39 is 0 Å². The second-order valence-corrected chi connectivity index (χ2v) is 4.91. The molecule has 0 fully saturated rings. The van der Waals surface area contributed by atoms with Gasteiger partial charge in [0.2, 0.25) is 5.91 Å². The van der Waals surface area contributed by atoms with E-state index in [0.29, 0.717) is 25.5 Å². The Hall–Kier alpha value is -0.610. The molecule has 0 radical (unpaired) electrons. The van der Waals surface area contributed by atoms with E-state index in [0.717, 1.165) is 25.8 Å². The van der Waals surface area contributed by atoms with Crippen LogP contribution in [0.1, 0.15) is 46.5 Å². The molecule has 0 saturated carbocycles. The Balaban J connectivity index is 3.38. The zero-order valence-corrected chi connectivity index (χ0v) is 11.5. The fraction of sp³-hybridized carbons (Fsp3) is 0.923. The molecule has 0 saturated heterocycles. The molecule has 0 aliphatic heterocycles. The molecule has 17 heavy (non-hydrogen) atoms. The molecule has 1 amide bonds. The standard InChI is InChI=1S/C13H28N2O2/c1-11(2)10-12(3)17-9-6-13(16)15-8-5-4-7-14/h11-12H,4-10,14H2,1-3H3,(H,15,16). The fourth-order valence-corrected chi connectivity index (χ4v) is 1.67. The van der Waals surface area contributed by atoms with Crippen molar-refractivity contribution in [3.05, 3.63) is 0 Å². The lowest BCUT2D eigenvalue weighted by Gasteiger charge is -2.14. The van der Waals surface area contributed by atoms with Crippen LogP contribution in [0.15, 0.2) is 0 Å². The van der Waals surface area contributed by atoms with Crippen molar-refractivity contribution >= 4 is 5.91 Å². The van der Waals surface area contributed by atoms with Crippen LogP contribution in [0, 0.1) is 5.92 Å². The summed E-state index contributed by atoms with van der Waals surface area (Å²) in [4.78, 5) is 11.4. The number of nitrogens with two attached hydrogens (primary N) is 1. The van der Waals surface area contributed by atoms with Gasteiger partial charge in [0, 0.05) is 13.0 Å². The summed E-state index contributed by atoms with van der Waals surface area (Å²) >= 11 is 0. The highest BCUT2D eigenvalue weighted by Gasteiger charge is 2.06. The van der Waals surface area contributed by atoms with E-state index >= 15 is 0 Å². The van der Waals surface area contributed by atoms with Crippen LogP contribution in [-0.4, -0.2) is 31.7 Å². The summed E-state index contributed by atoms with van der Waals surface area (Å²) in [5.41, 5.74) is 5.37. The smallest absolute Gasteiger partial charge is 0.222 e. The summed E-state index contributed by atoms with van der Waals surface area (Å²) in [6.07, 6.45) is 3.64. The number of ether oxygens (including phenoxy) is 1. The van der Waals surface area contributed by atoms with Crippen LogP contribution in [-0.2, 0) is 9.53 Å². The van der Waals surface area contributed by atoms with Gasteiger partial charge in [-0.25, -0.2) is 0 Å². The third-order valence-corrected chi connectivity index (χ3v) is 2.49. The van der Waals surface area contributed by atoms with Crippen LogP contribution < -0.4 is 11.1 Å². The van der Waals surface area contributed by atoms with Gasteiger partial charge in [-0.15, -0.1) is 0 Å². The van der Waals surface area contributed by atoms with Crippen LogP contribution in [0.3, 0.4) is 0 Å². The topological polar surface area (TPSA) is 64.3 Å². The quantitative estimate of drug-likeness (QED) is 0.575. The zero-order valence-electron chi connectivity index (χ0n) is 11.5. The van der Waals surface area contributed by atoms with Gasteiger partial charge in [0.25, 0.3) is 0 Å². The van der Waals surface area contributed by atoms with Crippen LogP contribution in [0.5, 0.6) is 0 Å². The summed E-state index contributed by atoms with van der Waals surface area (Å²) in [6, 6.07) is 0. The van der Waals surface area contributed by atoms with Gasteiger partial charge < -0.3 is 15.8 Å². The molecule has 1 unspecified atom stereocenters. The van der Waals surface area contributed by atoms with Crippen molar-refractivity contribution in [2.75, 3.05) is 19.7 Å². The van der Waals surface area contributed by atoms with Crippen molar-refractivity contribution in [2.24, 2.45) is 11.7 Å². The van der Waals surface area contributed by atoms with Gasteiger partial charge in [0.1, 0.15) is 0 Å². The highest BCUT2D eigenvalue weighted by atomic mass is 16.5. The Morgan fingerprint density at radius 2 is 2.00 bits per heavy atom. The first kappa shape index (κ1) is 16.4. The Kier molecular flexibility index (Phi) is 10.2. The Morgan fingerprint density at radius 3 is 2.59 bits per heavy atom. The summed E-state index contributed by atoms with van der Waals surface area (Å²) in [5, 5.41) is 2.86. The molecule has 1 atom stereocenters. The van der Waals surface area contributed by atoms with Crippen molar-refractivity contribution < 1.29 is 9.53 Å². The maximum atomic E-state index is 11.4. The van der Waals surface area contributed by atoms with Crippen molar-refractivity contribution in [1.82, 2.24) is 5.32 Å². The highest BCUT2D eigenvalue weighted by molar-refractivity contribution is 5.75. The molecule has 0 spiro atoms. The van der Waals surface area contributed by atoms with E-state index in [1.54, 1.807) is 0 Å². The number of hydrogen-bond acceptors (Lipinski definition) is 3. The van der Waals surface area contributed by atoms with E-state index in [9.17, 15) is 4.79 Å². The second kappa shape index (κ2) is 10.5. The number of nitrogens with one attached hydrogen (secondary N) is 1. The molecule has 0 aromatic rings. The van der Waals surface area contributed by atoms with Gasteiger partial charge in [-0.3, -0.25) is 4.79 Å². The third-order valence-electron chi connectivity index (χ3n) is 2.49. The van der Waals surface area contributed by atoms with Crippen molar-refractivity contribution in [3.63, 3.8) is 0 Å². The lowest BCUT2D eigenvalue weighted by molar-refractivity contribution is -0.122. The molecule has 4 nitrogen and oxygen atoms in total. The molecular weight excluding hydrogens is 216 g/mol. The van der Waals surface area contributed by atoms with Crippen LogP contribution in [0.25, 0.3) is 0 Å². The maximum Gasteiger partial charge on any atom is 0.222 e. The van der Waals surface area contributed by atoms with E-state index in [1.165, 1.54) is 0 Å². The number of carbonyl (C=O) groups is 1. The molecule has 0 aliphatic rings. The van der Waals surface area contributed by atoms with Gasteiger partial charge in [0.15, 0.2) is 0 Å². The first-order chi connectivity index (χ1) is 8.06. The van der Waals surface area contributed by atoms with Gasteiger partial charge >= 0.3 is 0 Å². The van der Waals surface area contributed by atoms with Crippen molar-refractivity contribution in [3.8, 4) is 0 Å². The van der Waals surface area contributed by atoms with E-state index in [-0.39, 0.29) is 12.0 Å². The molecule has 0 aliphatic carbocycles. The predicted octanol–water partition coefficient (Wildman–Crippen LogP) is 1.68. The van der Waals surface area contributed by atoms with Gasteiger partial charge in [-0.1, -0.05) is 13.8 Å². The highest BCUT2D eigenvalue weighted by Crippen LogP contribution is 2.07. The molecule has 102 valence electrons. The number of carbonyl (C=O) groups excluding carboxylic acids is 1. The minimum absolute atomic E-state index is 0.0683. The van der Waals surface area contributed by atoms with Crippen molar-refractivity contribution in [2.45, 2.75) is 52.6 Å². The molecule has 0 aromatic heterocycles. The summed E-state index contributed by atoms with van der Waals surface area (Å²) in [7, 11) is 0. The normalized spacial score (nSPS) is 12.8. The van der Waals surface area contributed by atoms with E-state index in [4.69, 9.17) is 10.5 Å². The van der Waals surface area contributed by atoms with Crippen molar-refractivity contribution in [1.29, 1.82) is 0 Å². The Morgan fingerprint density at radius 1 is 1.29 bits per heavy atom. The maximum absolute atomic E-state index is 11.4. The van der Waals surface area contributed by atoms with Crippen LogP contribution in [0.4, 0.5) is 0 Å². The number of unbranched alkanes of at least 4 members (excludes halogenated alkanes) is 1. The average molecular weight is 244 g/mol. The van der Waals surface area contributed by atoms with Gasteiger partial charge in [-0.05, 0) is 38.6 Å². The second-order valence-electron chi connectivity index (χ2n) is 4.91. The largest absolute Gasteiger partial charge is 0.378 e. The predicted molar refractivity (Wildman–Crippen MR) is 70.8 cm³/mol. The third kappa shape index (κ3) is 11.6. The Labute approximate surface area is 105 Å². The monoisotopic (exact) mass is 244 g/mol.